The fraction of sp³-hybridized carbons (Fsp3) is 0.889. The Morgan fingerprint density at radius 3 is 2.67 bits per heavy atom. The molecule has 18 heavy (non-hydrogen) atoms. The van der Waals surface area contributed by atoms with Gasteiger partial charge in [0.2, 0.25) is 5.91 Å². The first-order chi connectivity index (χ1) is 8.44. The predicted molar refractivity (Wildman–Crippen MR) is 68.1 cm³/mol. The fourth-order valence-electron chi connectivity index (χ4n) is 1.06. The van der Waals surface area contributed by atoms with Gasteiger partial charge < -0.3 is 15.8 Å². The van der Waals surface area contributed by atoms with E-state index < -0.39 is 16.1 Å². The van der Waals surface area contributed by atoms with Gasteiger partial charge >= 0.3 is 0 Å². The molecule has 108 valence electrons. The number of methoxy groups -OCH3 is 1. The van der Waals surface area contributed by atoms with Gasteiger partial charge in [-0.3, -0.25) is 4.79 Å². The Kier molecular flexibility index (Phi) is 8.85. The molecule has 0 aliphatic rings. The molecule has 0 radical (unpaired) electrons. The number of nitrogens with zero attached hydrogens (tertiary/aromatic N) is 1. The van der Waals surface area contributed by atoms with Gasteiger partial charge in [-0.05, 0) is 13.0 Å². The lowest BCUT2D eigenvalue weighted by molar-refractivity contribution is -0.120. The number of carbonyl (C=O) groups excluding carboxylic acids is 1. The maximum atomic E-state index is 11.6. The quantitative estimate of drug-likeness (QED) is 0.396. The number of hydrogen-bond donors (Lipinski definition) is 3. The number of rotatable bonds is 10. The summed E-state index contributed by atoms with van der Waals surface area (Å²) in [5, 5.41) is 2.51. The SMILES string of the molecule is COCCNC(=O)CNS(=O)(=O)N(C)CCCN. The molecule has 0 bridgehead atoms. The van der Waals surface area contributed by atoms with Gasteiger partial charge in [-0.15, -0.1) is 0 Å². The zero-order valence-electron chi connectivity index (χ0n) is 10.8. The zero-order chi connectivity index (χ0) is 14.0. The van der Waals surface area contributed by atoms with Gasteiger partial charge in [0, 0.05) is 27.2 Å². The van der Waals surface area contributed by atoms with Crippen LogP contribution in [0.2, 0.25) is 0 Å². The first-order valence-electron chi connectivity index (χ1n) is 5.60. The first-order valence-corrected chi connectivity index (χ1v) is 7.04. The van der Waals surface area contributed by atoms with E-state index in [1.165, 1.54) is 14.2 Å². The summed E-state index contributed by atoms with van der Waals surface area (Å²) in [5.74, 6) is -0.400. The maximum absolute atomic E-state index is 11.6. The van der Waals surface area contributed by atoms with E-state index >= 15 is 0 Å². The van der Waals surface area contributed by atoms with Crippen molar-refractivity contribution in [3.8, 4) is 0 Å². The molecule has 1 amide bonds. The summed E-state index contributed by atoms with van der Waals surface area (Å²) < 4.78 is 31.4. The minimum atomic E-state index is -3.62. The van der Waals surface area contributed by atoms with Crippen molar-refractivity contribution in [1.29, 1.82) is 0 Å². The standard InChI is InChI=1S/C9H22N4O4S/c1-13(6-3-4-10)18(15,16)12-8-9(14)11-5-7-17-2/h12H,3-8,10H2,1-2H3,(H,11,14). The molecule has 0 unspecified atom stereocenters. The Bertz CT molecular complexity index is 333. The highest BCUT2D eigenvalue weighted by molar-refractivity contribution is 7.87. The van der Waals surface area contributed by atoms with Crippen LogP contribution in [-0.2, 0) is 19.7 Å². The molecular formula is C9H22N4O4S. The summed E-state index contributed by atoms with van der Waals surface area (Å²) >= 11 is 0. The summed E-state index contributed by atoms with van der Waals surface area (Å²) in [6.07, 6.45) is 0.567. The third-order valence-electron chi connectivity index (χ3n) is 2.13. The number of ether oxygens (including phenoxy) is 1. The second-order valence-electron chi connectivity index (χ2n) is 3.63. The smallest absolute Gasteiger partial charge is 0.279 e. The van der Waals surface area contributed by atoms with Gasteiger partial charge in [-0.1, -0.05) is 0 Å². The molecule has 0 aromatic carbocycles. The molecule has 0 aromatic rings. The van der Waals surface area contributed by atoms with Crippen molar-refractivity contribution in [1.82, 2.24) is 14.3 Å². The van der Waals surface area contributed by atoms with Crippen molar-refractivity contribution in [2.45, 2.75) is 6.42 Å². The van der Waals surface area contributed by atoms with Crippen LogP contribution in [-0.4, -0.2) is 65.6 Å². The van der Waals surface area contributed by atoms with E-state index in [-0.39, 0.29) is 6.54 Å². The van der Waals surface area contributed by atoms with E-state index in [0.29, 0.717) is 32.7 Å². The minimum Gasteiger partial charge on any atom is -0.383 e. The van der Waals surface area contributed by atoms with Crippen molar-refractivity contribution in [2.75, 3.05) is 46.9 Å². The molecule has 0 rings (SSSR count). The van der Waals surface area contributed by atoms with Gasteiger partial charge in [0.15, 0.2) is 0 Å². The number of amides is 1. The van der Waals surface area contributed by atoms with E-state index in [9.17, 15) is 13.2 Å². The molecule has 9 heteroatoms. The van der Waals surface area contributed by atoms with E-state index in [1.807, 2.05) is 0 Å². The first kappa shape index (κ1) is 17.3. The van der Waals surface area contributed by atoms with E-state index in [0.717, 1.165) is 4.31 Å². The monoisotopic (exact) mass is 282 g/mol. The Morgan fingerprint density at radius 1 is 1.44 bits per heavy atom. The number of nitrogens with two attached hydrogens (primary N) is 1. The van der Waals surface area contributed by atoms with Crippen LogP contribution >= 0.6 is 0 Å². The Balaban J connectivity index is 3.98. The number of hydrogen-bond acceptors (Lipinski definition) is 5. The topological polar surface area (TPSA) is 114 Å². The lowest BCUT2D eigenvalue weighted by Crippen LogP contribution is -2.44. The molecule has 0 aliphatic heterocycles. The molecule has 4 N–H and O–H groups in total. The second-order valence-corrected chi connectivity index (χ2v) is 5.49. The largest absolute Gasteiger partial charge is 0.383 e. The maximum Gasteiger partial charge on any atom is 0.279 e. The molecule has 0 aliphatic carbocycles. The second kappa shape index (κ2) is 9.22. The van der Waals surface area contributed by atoms with Crippen molar-refractivity contribution in [2.24, 2.45) is 5.73 Å². The molecular weight excluding hydrogens is 260 g/mol. The van der Waals surface area contributed by atoms with Crippen LogP contribution in [0, 0.1) is 0 Å². The molecule has 8 nitrogen and oxygen atoms in total. The summed E-state index contributed by atoms with van der Waals surface area (Å²) in [7, 11) is -0.676. The van der Waals surface area contributed by atoms with Gasteiger partial charge in [-0.2, -0.15) is 17.4 Å². The Labute approximate surface area is 108 Å². The van der Waals surface area contributed by atoms with Gasteiger partial charge in [0.1, 0.15) is 0 Å². The average molecular weight is 282 g/mol. The van der Waals surface area contributed by atoms with Crippen molar-refractivity contribution >= 4 is 16.1 Å². The predicted octanol–water partition coefficient (Wildman–Crippen LogP) is -2.14. The Hall–Kier alpha value is -0.740. The molecule has 0 fully saturated rings. The van der Waals surface area contributed by atoms with Crippen molar-refractivity contribution < 1.29 is 17.9 Å². The molecule has 0 spiro atoms. The normalized spacial score (nSPS) is 11.8. The molecule has 0 atom stereocenters. The summed E-state index contributed by atoms with van der Waals surface area (Å²) in [4.78, 5) is 11.3. The fourth-order valence-corrected chi connectivity index (χ4v) is 1.96. The lowest BCUT2D eigenvalue weighted by atomic mass is 10.4. The van der Waals surface area contributed by atoms with Crippen LogP contribution in [0.15, 0.2) is 0 Å². The van der Waals surface area contributed by atoms with Gasteiger partial charge in [0.05, 0.1) is 13.2 Å². The highest BCUT2D eigenvalue weighted by Gasteiger charge is 2.17. The Morgan fingerprint density at radius 2 is 2.11 bits per heavy atom. The van der Waals surface area contributed by atoms with Crippen molar-refractivity contribution in [3.63, 3.8) is 0 Å². The van der Waals surface area contributed by atoms with Crippen LogP contribution in [0.3, 0.4) is 0 Å². The van der Waals surface area contributed by atoms with Gasteiger partial charge in [0.25, 0.3) is 10.2 Å². The van der Waals surface area contributed by atoms with Crippen molar-refractivity contribution in [3.05, 3.63) is 0 Å². The number of nitrogens with one attached hydrogen (secondary N) is 2. The van der Waals surface area contributed by atoms with E-state index in [2.05, 4.69) is 10.0 Å². The summed E-state index contributed by atoms with van der Waals surface area (Å²) in [6.45, 7) is 1.17. The molecule has 0 heterocycles. The number of carbonyl (C=O) groups is 1. The van der Waals surface area contributed by atoms with Crippen LogP contribution in [0.1, 0.15) is 6.42 Å². The third kappa shape index (κ3) is 7.56. The lowest BCUT2D eigenvalue weighted by Gasteiger charge is -2.17. The van der Waals surface area contributed by atoms with Crippen LogP contribution < -0.4 is 15.8 Å². The molecule has 0 saturated carbocycles. The molecule has 0 aromatic heterocycles. The zero-order valence-corrected chi connectivity index (χ0v) is 11.6. The van der Waals surface area contributed by atoms with Crippen LogP contribution in [0.5, 0.6) is 0 Å². The highest BCUT2D eigenvalue weighted by atomic mass is 32.2. The van der Waals surface area contributed by atoms with Gasteiger partial charge in [-0.25, -0.2) is 0 Å². The average Bonchev–Trinajstić information content (AvgIpc) is 2.33. The van der Waals surface area contributed by atoms with Crippen LogP contribution in [0.4, 0.5) is 0 Å². The highest BCUT2D eigenvalue weighted by Crippen LogP contribution is 1.94. The summed E-state index contributed by atoms with van der Waals surface area (Å²) in [5.41, 5.74) is 5.29. The third-order valence-corrected chi connectivity index (χ3v) is 3.64. The minimum absolute atomic E-state index is 0.293. The molecule has 0 saturated heterocycles. The van der Waals surface area contributed by atoms with E-state index in [1.54, 1.807) is 0 Å². The van der Waals surface area contributed by atoms with Crippen LogP contribution in [0.25, 0.3) is 0 Å². The van der Waals surface area contributed by atoms with E-state index in [4.69, 9.17) is 10.5 Å². The summed E-state index contributed by atoms with van der Waals surface area (Å²) in [6, 6.07) is 0.